The van der Waals surface area contributed by atoms with Crippen molar-refractivity contribution in [2.45, 2.75) is 32.6 Å². The molecule has 0 saturated carbocycles. The van der Waals surface area contributed by atoms with Crippen molar-refractivity contribution in [2.24, 2.45) is 0 Å². The van der Waals surface area contributed by atoms with Crippen molar-refractivity contribution in [3.05, 3.63) is 40.5 Å². The molecule has 2 aromatic rings. The molecule has 15 heavy (non-hydrogen) atoms. The van der Waals surface area contributed by atoms with Gasteiger partial charge in [-0.25, -0.2) is 0 Å². The Hall–Kier alpha value is -0.950. The minimum Gasteiger partial charge on any atom is -0.143 e. The van der Waals surface area contributed by atoms with Crippen LogP contribution in [0.4, 0.5) is 0 Å². The van der Waals surface area contributed by atoms with E-state index < -0.39 is 0 Å². The zero-order chi connectivity index (χ0) is 11.2. The lowest BCUT2D eigenvalue weighted by Gasteiger charge is -2.12. The Morgan fingerprint density at radius 2 is 1.47 bits per heavy atom. The predicted molar refractivity (Wildman–Crippen MR) is 70.1 cm³/mol. The standard InChI is InChI=1S/C14H16S/c1-8-5-6-12-10(3)11(4)14(15)7-13(12)9(8)2/h5-7,15H,1-4H3. The maximum absolute atomic E-state index is 4.52. The highest BCUT2D eigenvalue weighted by molar-refractivity contribution is 7.80. The van der Waals surface area contributed by atoms with Crippen LogP contribution in [0.5, 0.6) is 0 Å². The van der Waals surface area contributed by atoms with Gasteiger partial charge in [0.25, 0.3) is 0 Å². The van der Waals surface area contributed by atoms with E-state index in [1.54, 1.807) is 0 Å². The molecule has 2 aromatic carbocycles. The zero-order valence-corrected chi connectivity index (χ0v) is 10.6. The van der Waals surface area contributed by atoms with E-state index in [-0.39, 0.29) is 0 Å². The third-order valence-corrected chi connectivity index (χ3v) is 3.88. The van der Waals surface area contributed by atoms with E-state index in [1.165, 1.54) is 33.0 Å². The molecule has 0 aliphatic rings. The van der Waals surface area contributed by atoms with Crippen molar-refractivity contribution < 1.29 is 0 Å². The topological polar surface area (TPSA) is 0 Å². The first-order valence-electron chi connectivity index (χ1n) is 5.21. The molecule has 0 aromatic heterocycles. The summed E-state index contributed by atoms with van der Waals surface area (Å²) in [6.45, 7) is 8.64. The van der Waals surface area contributed by atoms with Gasteiger partial charge in [-0.15, -0.1) is 12.6 Å². The molecule has 0 aliphatic heterocycles. The molecule has 0 nitrogen and oxygen atoms in total. The average Bonchev–Trinajstić information content (AvgIpc) is 2.21. The van der Waals surface area contributed by atoms with E-state index >= 15 is 0 Å². The largest absolute Gasteiger partial charge is 0.143 e. The average molecular weight is 216 g/mol. The van der Waals surface area contributed by atoms with Gasteiger partial charge in [-0.3, -0.25) is 0 Å². The van der Waals surface area contributed by atoms with Gasteiger partial charge in [-0.05, 0) is 66.8 Å². The third kappa shape index (κ3) is 1.55. The SMILES string of the molecule is Cc1ccc2c(C)c(C)c(S)cc2c1C. The van der Waals surface area contributed by atoms with Gasteiger partial charge in [0, 0.05) is 4.90 Å². The smallest absolute Gasteiger partial charge is 0.00783 e. The van der Waals surface area contributed by atoms with Crippen LogP contribution in [0.3, 0.4) is 0 Å². The Kier molecular flexibility index (Phi) is 2.51. The van der Waals surface area contributed by atoms with Crippen LogP contribution in [0.25, 0.3) is 10.8 Å². The second-order valence-corrected chi connectivity index (χ2v) is 4.73. The second kappa shape index (κ2) is 3.57. The molecular weight excluding hydrogens is 200 g/mol. The van der Waals surface area contributed by atoms with E-state index in [0.29, 0.717) is 0 Å². The van der Waals surface area contributed by atoms with E-state index in [2.05, 4.69) is 58.5 Å². The summed E-state index contributed by atoms with van der Waals surface area (Å²) in [5, 5.41) is 2.69. The first-order valence-corrected chi connectivity index (χ1v) is 5.66. The van der Waals surface area contributed by atoms with Gasteiger partial charge in [0.2, 0.25) is 0 Å². The third-order valence-electron chi connectivity index (χ3n) is 3.42. The Labute approximate surface area is 96.7 Å². The fourth-order valence-electron chi connectivity index (χ4n) is 1.99. The predicted octanol–water partition coefficient (Wildman–Crippen LogP) is 4.36. The van der Waals surface area contributed by atoms with Crippen LogP contribution < -0.4 is 0 Å². The lowest BCUT2D eigenvalue weighted by Crippen LogP contribution is -1.90. The van der Waals surface area contributed by atoms with Crippen LogP contribution in [0.2, 0.25) is 0 Å². The summed E-state index contributed by atoms with van der Waals surface area (Å²) in [4.78, 5) is 1.09. The molecule has 0 radical (unpaired) electrons. The molecule has 78 valence electrons. The summed E-state index contributed by atoms with van der Waals surface area (Å²) in [5.74, 6) is 0. The number of thiol groups is 1. The number of benzene rings is 2. The van der Waals surface area contributed by atoms with Gasteiger partial charge < -0.3 is 0 Å². The highest BCUT2D eigenvalue weighted by Gasteiger charge is 2.07. The van der Waals surface area contributed by atoms with E-state index in [0.717, 1.165) is 4.90 Å². The van der Waals surface area contributed by atoms with Crippen LogP contribution in [0.15, 0.2) is 23.1 Å². The summed E-state index contributed by atoms with van der Waals surface area (Å²) in [6, 6.07) is 6.60. The van der Waals surface area contributed by atoms with Crippen molar-refractivity contribution in [1.29, 1.82) is 0 Å². The molecule has 0 fully saturated rings. The van der Waals surface area contributed by atoms with Crippen molar-refractivity contribution >= 4 is 23.4 Å². The van der Waals surface area contributed by atoms with Crippen LogP contribution in [-0.2, 0) is 0 Å². The fourth-order valence-corrected chi connectivity index (χ4v) is 2.29. The summed E-state index contributed by atoms with van der Waals surface area (Å²) in [6.07, 6.45) is 0. The van der Waals surface area contributed by atoms with Gasteiger partial charge >= 0.3 is 0 Å². The quantitative estimate of drug-likeness (QED) is 0.621. The first-order chi connectivity index (χ1) is 7.02. The van der Waals surface area contributed by atoms with Gasteiger partial charge in [-0.1, -0.05) is 12.1 Å². The number of hydrogen-bond acceptors (Lipinski definition) is 1. The van der Waals surface area contributed by atoms with Gasteiger partial charge in [0.05, 0.1) is 0 Å². The molecule has 0 spiro atoms. The minimum absolute atomic E-state index is 1.09. The van der Waals surface area contributed by atoms with Crippen molar-refractivity contribution in [3.8, 4) is 0 Å². The molecule has 0 saturated heterocycles. The molecule has 1 heteroatoms. The number of hydrogen-bond donors (Lipinski definition) is 1. The second-order valence-electron chi connectivity index (χ2n) is 4.25. The van der Waals surface area contributed by atoms with Crippen molar-refractivity contribution in [1.82, 2.24) is 0 Å². The van der Waals surface area contributed by atoms with Gasteiger partial charge in [0.1, 0.15) is 0 Å². The molecule has 0 unspecified atom stereocenters. The maximum Gasteiger partial charge on any atom is 0.00783 e. The Bertz CT molecular complexity index is 539. The Morgan fingerprint density at radius 3 is 2.13 bits per heavy atom. The maximum atomic E-state index is 4.52. The minimum atomic E-state index is 1.09. The molecule has 0 atom stereocenters. The van der Waals surface area contributed by atoms with Gasteiger partial charge in [0.15, 0.2) is 0 Å². The molecule has 0 heterocycles. The molecule has 0 amide bonds. The van der Waals surface area contributed by atoms with E-state index in [9.17, 15) is 0 Å². The summed E-state index contributed by atoms with van der Waals surface area (Å²) < 4.78 is 0. The van der Waals surface area contributed by atoms with Gasteiger partial charge in [-0.2, -0.15) is 0 Å². The fraction of sp³-hybridized carbons (Fsp3) is 0.286. The molecule has 0 bridgehead atoms. The number of aryl methyl sites for hydroxylation is 3. The van der Waals surface area contributed by atoms with Crippen molar-refractivity contribution in [2.75, 3.05) is 0 Å². The Morgan fingerprint density at radius 1 is 0.800 bits per heavy atom. The number of rotatable bonds is 0. The summed E-state index contributed by atoms with van der Waals surface area (Å²) in [5.41, 5.74) is 5.35. The summed E-state index contributed by atoms with van der Waals surface area (Å²) in [7, 11) is 0. The van der Waals surface area contributed by atoms with Crippen molar-refractivity contribution in [3.63, 3.8) is 0 Å². The highest BCUT2D eigenvalue weighted by Crippen LogP contribution is 2.30. The molecule has 2 rings (SSSR count). The van der Waals surface area contributed by atoms with Crippen LogP contribution in [0.1, 0.15) is 22.3 Å². The zero-order valence-electron chi connectivity index (χ0n) is 9.68. The number of fused-ring (bicyclic) bond motifs is 1. The normalized spacial score (nSPS) is 11.0. The van der Waals surface area contributed by atoms with Crippen LogP contribution >= 0.6 is 12.6 Å². The molecular formula is C14H16S. The lowest BCUT2D eigenvalue weighted by molar-refractivity contribution is 1.26. The monoisotopic (exact) mass is 216 g/mol. The Balaban J connectivity index is 2.98. The molecule has 0 N–H and O–H groups in total. The summed E-state index contributed by atoms with van der Waals surface area (Å²) >= 11 is 4.52. The van der Waals surface area contributed by atoms with Crippen LogP contribution in [-0.4, -0.2) is 0 Å². The van der Waals surface area contributed by atoms with E-state index in [4.69, 9.17) is 0 Å². The first kappa shape index (κ1) is 10.6. The lowest BCUT2D eigenvalue weighted by atomic mass is 9.95. The molecule has 0 aliphatic carbocycles. The highest BCUT2D eigenvalue weighted by atomic mass is 32.1. The van der Waals surface area contributed by atoms with Crippen LogP contribution in [0, 0.1) is 27.7 Å². The van der Waals surface area contributed by atoms with E-state index in [1.807, 2.05) is 0 Å².